The number of nitrogens with zero attached hydrogens (tertiary/aromatic N) is 3. The molecule has 2 N–H and O–H groups in total. The second-order valence-corrected chi connectivity index (χ2v) is 8.87. The van der Waals surface area contributed by atoms with Crippen molar-refractivity contribution >= 4 is 11.8 Å². The largest absolute Gasteiger partial charge is 0.357 e. The van der Waals surface area contributed by atoms with Crippen LogP contribution in [0.15, 0.2) is 24.3 Å². The lowest BCUT2D eigenvalue weighted by Crippen LogP contribution is -2.53. The third kappa shape index (κ3) is 4.53. The van der Waals surface area contributed by atoms with Gasteiger partial charge < -0.3 is 20.1 Å². The van der Waals surface area contributed by atoms with Crippen LogP contribution in [0, 0.1) is 11.2 Å². The molecule has 0 bridgehead atoms. The van der Waals surface area contributed by atoms with Gasteiger partial charge in [0.2, 0.25) is 5.91 Å². The first kappa shape index (κ1) is 22.0. The Balaban J connectivity index is 2.05. The average Bonchev–Trinajstić information content (AvgIpc) is 2.91. The minimum absolute atomic E-state index is 0.261. The molecule has 0 spiro atoms. The van der Waals surface area contributed by atoms with E-state index in [1.807, 2.05) is 32.4 Å². The predicted octanol–water partition coefficient (Wildman–Crippen LogP) is 2.42. The Morgan fingerprint density at radius 1 is 1.23 bits per heavy atom. The fourth-order valence-corrected chi connectivity index (χ4v) is 3.77. The predicted molar refractivity (Wildman–Crippen MR) is 113 cm³/mol. The number of likely N-dealkylation sites (N-methyl/N-ethyl adjacent to an activating group) is 1. The quantitative estimate of drug-likeness (QED) is 0.804. The zero-order valence-corrected chi connectivity index (χ0v) is 18.3. The van der Waals surface area contributed by atoms with Gasteiger partial charge >= 0.3 is 0 Å². The number of hydrogen-bond donors (Lipinski definition) is 2. The van der Waals surface area contributed by atoms with Crippen LogP contribution in [-0.4, -0.2) is 52.9 Å². The number of amides is 2. The van der Waals surface area contributed by atoms with Crippen molar-refractivity contribution < 1.29 is 14.0 Å². The zero-order valence-electron chi connectivity index (χ0n) is 18.3. The summed E-state index contributed by atoms with van der Waals surface area (Å²) >= 11 is 0. The van der Waals surface area contributed by atoms with E-state index in [2.05, 4.69) is 20.5 Å². The molecule has 0 aliphatic carbocycles. The average molecular weight is 416 g/mol. The first-order chi connectivity index (χ1) is 14.1. The molecule has 0 saturated heterocycles. The second-order valence-electron chi connectivity index (χ2n) is 8.87. The first-order valence-electron chi connectivity index (χ1n) is 10.2. The van der Waals surface area contributed by atoms with E-state index in [0.29, 0.717) is 24.5 Å². The Hall–Kier alpha value is -2.74. The Labute approximate surface area is 176 Å². The number of carbonyl (C=O) groups excluding carboxylic acids is 2. The highest BCUT2D eigenvalue weighted by Crippen LogP contribution is 2.27. The minimum Gasteiger partial charge on any atom is -0.357 e. The van der Waals surface area contributed by atoms with Gasteiger partial charge in [0.25, 0.3) is 5.91 Å². The molecular formula is C22H30FN5O2. The lowest BCUT2D eigenvalue weighted by atomic mass is 9.86. The number of carbonyl (C=O) groups is 2. The van der Waals surface area contributed by atoms with Crippen LogP contribution in [0.1, 0.15) is 43.4 Å². The van der Waals surface area contributed by atoms with Crippen molar-refractivity contribution in [1.82, 2.24) is 25.1 Å². The smallest absolute Gasteiger partial charge is 0.272 e. The molecule has 30 heavy (non-hydrogen) atoms. The number of fused-ring (bicyclic) bond motifs is 1. The minimum atomic E-state index is -0.714. The van der Waals surface area contributed by atoms with E-state index in [9.17, 15) is 14.0 Å². The lowest BCUT2D eigenvalue weighted by molar-refractivity contribution is -0.124. The maximum Gasteiger partial charge on any atom is 0.272 e. The topological polar surface area (TPSA) is 79.3 Å². The molecule has 1 aromatic heterocycles. The molecule has 0 radical (unpaired) electrons. The zero-order chi connectivity index (χ0) is 22.1. The van der Waals surface area contributed by atoms with Gasteiger partial charge in [-0.25, -0.2) is 9.37 Å². The molecule has 0 fully saturated rings. The maximum absolute atomic E-state index is 13.9. The van der Waals surface area contributed by atoms with Crippen LogP contribution in [0.5, 0.6) is 0 Å². The summed E-state index contributed by atoms with van der Waals surface area (Å²) in [7, 11) is 3.54. The van der Waals surface area contributed by atoms with E-state index in [-0.39, 0.29) is 17.4 Å². The number of aromatic nitrogens is 2. The Bertz CT molecular complexity index is 947. The number of imidazole rings is 1. The van der Waals surface area contributed by atoms with Gasteiger partial charge in [0.05, 0.1) is 5.69 Å². The molecule has 2 heterocycles. The van der Waals surface area contributed by atoms with E-state index >= 15 is 0 Å². The van der Waals surface area contributed by atoms with E-state index in [1.165, 1.54) is 12.1 Å². The Kier molecular flexibility index (Phi) is 6.26. The molecular weight excluding hydrogens is 385 g/mol. The fourth-order valence-electron chi connectivity index (χ4n) is 3.77. The number of rotatable bonds is 4. The summed E-state index contributed by atoms with van der Waals surface area (Å²) < 4.78 is 15.9. The highest BCUT2D eigenvalue weighted by Gasteiger charge is 2.34. The summed E-state index contributed by atoms with van der Waals surface area (Å²) in [5, 5.41) is 5.48. The molecule has 8 heteroatoms. The van der Waals surface area contributed by atoms with Gasteiger partial charge in [0, 0.05) is 25.7 Å². The van der Waals surface area contributed by atoms with Gasteiger partial charge in [0.15, 0.2) is 5.69 Å². The normalized spacial score (nSPS) is 15.8. The van der Waals surface area contributed by atoms with Crippen LogP contribution >= 0.6 is 0 Å². The van der Waals surface area contributed by atoms with Crippen LogP contribution in [0.2, 0.25) is 0 Å². The van der Waals surface area contributed by atoms with Gasteiger partial charge in [-0.2, -0.15) is 0 Å². The van der Waals surface area contributed by atoms with Crippen molar-refractivity contribution in [1.29, 1.82) is 0 Å². The SMILES string of the molecule is CNC(=O)[C@@H](NC(=O)c1nc(-c2cccc(F)c2)n2c1CN(C)CCC2)C(C)(C)C. The highest BCUT2D eigenvalue weighted by molar-refractivity contribution is 5.97. The van der Waals surface area contributed by atoms with Crippen molar-refractivity contribution in [2.45, 2.75) is 46.3 Å². The lowest BCUT2D eigenvalue weighted by Gasteiger charge is -2.29. The second kappa shape index (κ2) is 8.55. The van der Waals surface area contributed by atoms with Crippen LogP contribution in [0.3, 0.4) is 0 Å². The third-order valence-electron chi connectivity index (χ3n) is 5.36. The molecule has 162 valence electrons. The van der Waals surface area contributed by atoms with Gasteiger partial charge in [-0.05, 0) is 37.6 Å². The summed E-state index contributed by atoms with van der Waals surface area (Å²) in [5.74, 6) is -0.449. The standard InChI is InChI=1S/C22H30FN5O2/c1-22(2,3)18(21(30)24-4)26-20(29)17-16-13-27(5)10-7-11-28(16)19(25-17)14-8-6-9-15(23)12-14/h6,8-9,12,18H,7,10-11,13H2,1-5H3,(H,24,30)(H,26,29)/t18-/m1/s1. The first-order valence-corrected chi connectivity index (χ1v) is 10.2. The van der Waals surface area contributed by atoms with Gasteiger partial charge in [0.1, 0.15) is 17.7 Å². The number of halogens is 1. The maximum atomic E-state index is 13.9. The number of hydrogen-bond acceptors (Lipinski definition) is 4. The van der Waals surface area contributed by atoms with Gasteiger partial charge in [-0.3, -0.25) is 9.59 Å². The van der Waals surface area contributed by atoms with Crippen molar-refractivity contribution in [2.24, 2.45) is 5.41 Å². The summed E-state index contributed by atoms with van der Waals surface area (Å²) in [6.45, 7) is 7.80. The van der Waals surface area contributed by atoms with E-state index in [0.717, 1.165) is 18.7 Å². The molecule has 3 rings (SSSR count). The van der Waals surface area contributed by atoms with Crippen LogP contribution in [0.25, 0.3) is 11.4 Å². The summed E-state index contributed by atoms with van der Waals surface area (Å²) in [5.41, 5.74) is 1.20. The molecule has 0 unspecified atom stereocenters. The van der Waals surface area contributed by atoms with Gasteiger partial charge in [-0.1, -0.05) is 32.9 Å². The fraction of sp³-hybridized carbons (Fsp3) is 0.500. The summed E-state index contributed by atoms with van der Waals surface area (Å²) in [4.78, 5) is 32.4. The molecule has 1 aliphatic heterocycles. The molecule has 1 aromatic carbocycles. The van der Waals surface area contributed by atoms with Crippen molar-refractivity contribution in [3.05, 3.63) is 41.5 Å². The number of nitrogens with one attached hydrogen (secondary N) is 2. The Morgan fingerprint density at radius 3 is 2.60 bits per heavy atom. The van der Waals surface area contributed by atoms with E-state index < -0.39 is 17.4 Å². The third-order valence-corrected chi connectivity index (χ3v) is 5.36. The molecule has 1 atom stereocenters. The molecule has 1 aliphatic rings. The van der Waals surface area contributed by atoms with Crippen molar-refractivity contribution in [3.63, 3.8) is 0 Å². The summed E-state index contributed by atoms with van der Waals surface area (Å²) in [6, 6.07) is 5.52. The molecule has 2 amide bonds. The van der Waals surface area contributed by atoms with Crippen molar-refractivity contribution in [3.8, 4) is 11.4 Å². The number of benzene rings is 1. The molecule has 7 nitrogen and oxygen atoms in total. The highest BCUT2D eigenvalue weighted by atomic mass is 19.1. The monoisotopic (exact) mass is 415 g/mol. The Morgan fingerprint density at radius 2 is 1.97 bits per heavy atom. The van der Waals surface area contributed by atoms with Crippen LogP contribution in [0.4, 0.5) is 4.39 Å². The van der Waals surface area contributed by atoms with Crippen LogP contribution in [-0.2, 0) is 17.9 Å². The van der Waals surface area contributed by atoms with E-state index in [1.54, 1.807) is 19.2 Å². The summed E-state index contributed by atoms with van der Waals surface area (Å²) in [6.07, 6.45) is 0.895. The van der Waals surface area contributed by atoms with Crippen molar-refractivity contribution in [2.75, 3.05) is 20.6 Å². The van der Waals surface area contributed by atoms with E-state index in [4.69, 9.17) is 0 Å². The van der Waals surface area contributed by atoms with Crippen LogP contribution < -0.4 is 10.6 Å². The van der Waals surface area contributed by atoms with Gasteiger partial charge in [-0.15, -0.1) is 0 Å². The molecule has 0 saturated carbocycles. The molecule has 2 aromatic rings.